The van der Waals surface area contributed by atoms with Gasteiger partial charge in [0.15, 0.2) is 0 Å². The summed E-state index contributed by atoms with van der Waals surface area (Å²) in [5.74, 6) is 0. The Kier molecular flexibility index (Phi) is 4.76. The topological polar surface area (TPSA) is 64.6 Å². The van der Waals surface area contributed by atoms with Crippen LogP contribution in [0, 0.1) is 5.41 Å². The van der Waals surface area contributed by atoms with E-state index in [1.165, 1.54) is 25.7 Å². The van der Waals surface area contributed by atoms with Gasteiger partial charge < -0.3 is 20.6 Å². The van der Waals surface area contributed by atoms with E-state index in [4.69, 9.17) is 0 Å². The summed E-state index contributed by atoms with van der Waals surface area (Å²) in [5.41, 5.74) is 1.84. The van der Waals surface area contributed by atoms with Crippen LogP contribution in [-0.4, -0.2) is 37.4 Å². The van der Waals surface area contributed by atoms with Crippen LogP contribution >= 0.6 is 0 Å². The van der Waals surface area contributed by atoms with Gasteiger partial charge in [0, 0.05) is 25.0 Å². The maximum Gasteiger partial charge on any atom is 0.319 e. The Bertz CT molecular complexity index is 551. The van der Waals surface area contributed by atoms with Gasteiger partial charge in [-0.05, 0) is 37.8 Å². The lowest BCUT2D eigenvalue weighted by Crippen LogP contribution is -2.36. The molecule has 0 bridgehead atoms. The highest BCUT2D eigenvalue weighted by Crippen LogP contribution is 2.44. The van der Waals surface area contributed by atoms with Gasteiger partial charge in [-0.15, -0.1) is 0 Å². The van der Waals surface area contributed by atoms with Crippen LogP contribution in [0.1, 0.15) is 38.5 Å². The Balaban J connectivity index is 1.61. The number of carbonyl (C=O) groups is 1. The van der Waals surface area contributed by atoms with Crippen molar-refractivity contribution >= 4 is 17.4 Å². The first-order valence-corrected chi connectivity index (χ1v) is 8.61. The molecule has 1 aromatic rings. The number of aliphatic hydroxyl groups excluding tert-OH is 1. The summed E-state index contributed by atoms with van der Waals surface area (Å²) in [7, 11) is 2.11. The lowest BCUT2D eigenvalue weighted by molar-refractivity contribution is 0.206. The summed E-state index contributed by atoms with van der Waals surface area (Å²) in [6.07, 6.45) is 6.99. The van der Waals surface area contributed by atoms with Crippen molar-refractivity contribution in [2.75, 3.05) is 30.4 Å². The van der Waals surface area contributed by atoms with Gasteiger partial charge in [-0.1, -0.05) is 25.0 Å². The molecular formula is C18H27N3O2. The molecule has 3 N–H and O–H groups in total. The van der Waals surface area contributed by atoms with Crippen LogP contribution in [0.5, 0.6) is 0 Å². The normalized spacial score (nSPS) is 19.4. The van der Waals surface area contributed by atoms with Crippen molar-refractivity contribution in [3.05, 3.63) is 24.3 Å². The minimum absolute atomic E-state index is 0.0719. The second-order valence-corrected chi connectivity index (χ2v) is 7.03. The fraction of sp³-hybridized carbons (Fsp3) is 0.611. The van der Waals surface area contributed by atoms with E-state index in [9.17, 15) is 9.90 Å². The van der Waals surface area contributed by atoms with Gasteiger partial charge in [0.1, 0.15) is 0 Å². The molecule has 0 aromatic heterocycles. The van der Waals surface area contributed by atoms with Crippen molar-refractivity contribution in [2.45, 2.75) is 44.6 Å². The monoisotopic (exact) mass is 317 g/mol. The maximum absolute atomic E-state index is 12.2. The Hall–Kier alpha value is -1.75. The van der Waals surface area contributed by atoms with E-state index in [1.807, 2.05) is 18.2 Å². The van der Waals surface area contributed by atoms with Crippen molar-refractivity contribution in [1.29, 1.82) is 0 Å². The smallest absolute Gasteiger partial charge is 0.319 e. The van der Waals surface area contributed by atoms with Crippen molar-refractivity contribution < 1.29 is 9.90 Å². The minimum Gasteiger partial charge on any atom is -0.396 e. The Labute approximate surface area is 138 Å². The predicted molar refractivity (Wildman–Crippen MR) is 92.9 cm³/mol. The average molecular weight is 317 g/mol. The Morgan fingerprint density at radius 2 is 2.00 bits per heavy atom. The molecule has 0 spiro atoms. The number of amides is 2. The number of aliphatic hydroxyl groups is 1. The number of benzene rings is 1. The molecule has 2 saturated carbocycles. The molecule has 0 radical (unpaired) electrons. The molecule has 126 valence electrons. The van der Waals surface area contributed by atoms with E-state index < -0.39 is 0 Å². The second kappa shape index (κ2) is 6.79. The minimum atomic E-state index is -0.197. The maximum atomic E-state index is 12.2. The molecule has 1 aromatic carbocycles. The van der Waals surface area contributed by atoms with E-state index >= 15 is 0 Å². The lowest BCUT2D eigenvalue weighted by atomic mass is 10.1. The molecule has 2 aliphatic carbocycles. The first-order valence-electron chi connectivity index (χ1n) is 8.61. The third kappa shape index (κ3) is 3.78. The van der Waals surface area contributed by atoms with Crippen LogP contribution in [0.2, 0.25) is 0 Å². The quantitative estimate of drug-likeness (QED) is 0.756. The van der Waals surface area contributed by atoms with Gasteiger partial charge in [-0.2, -0.15) is 0 Å². The number of rotatable bonds is 6. The number of para-hydroxylation sites is 2. The highest BCUT2D eigenvalue weighted by atomic mass is 16.3. The Morgan fingerprint density at radius 3 is 2.65 bits per heavy atom. The fourth-order valence-electron chi connectivity index (χ4n) is 3.38. The van der Waals surface area contributed by atoms with Crippen molar-refractivity contribution in [3.63, 3.8) is 0 Å². The number of carbonyl (C=O) groups excluding carboxylic acids is 1. The highest BCUT2D eigenvalue weighted by molar-refractivity contribution is 5.93. The first kappa shape index (κ1) is 16.1. The molecule has 0 aliphatic heterocycles. The summed E-state index contributed by atoms with van der Waals surface area (Å²) in [6.45, 7) is 0.685. The third-order valence-corrected chi connectivity index (χ3v) is 5.32. The molecule has 0 unspecified atom stereocenters. The summed E-state index contributed by atoms with van der Waals surface area (Å²) in [6, 6.07) is 8.32. The summed E-state index contributed by atoms with van der Waals surface area (Å²) >= 11 is 0. The van der Waals surface area contributed by atoms with Gasteiger partial charge in [0.05, 0.1) is 18.0 Å². The fourth-order valence-corrected chi connectivity index (χ4v) is 3.38. The third-order valence-electron chi connectivity index (χ3n) is 5.32. The van der Waals surface area contributed by atoms with E-state index in [-0.39, 0.29) is 18.1 Å². The zero-order valence-electron chi connectivity index (χ0n) is 13.8. The van der Waals surface area contributed by atoms with Crippen LogP contribution < -0.4 is 15.5 Å². The molecule has 0 heterocycles. The number of nitrogens with zero attached hydrogens (tertiary/aromatic N) is 1. The van der Waals surface area contributed by atoms with E-state index in [2.05, 4.69) is 28.6 Å². The molecule has 2 amide bonds. The van der Waals surface area contributed by atoms with E-state index in [0.29, 0.717) is 12.6 Å². The molecule has 23 heavy (non-hydrogen) atoms. The average Bonchev–Trinajstić information content (AvgIpc) is 3.15. The molecule has 2 fully saturated rings. The highest BCUT2D eigenvalue weighted by Gasteiger charge is 2.42. The molecule has 5 heteroatoms. The Morgan fingerprint density at radius 1 is 1.30 bits per heavy atom. The van der Waals surface area contributed by atoms with Crippen LogP contribution in [-0.2, 0) is 0 Å². The van der Waals surface area contributed by atoms with E-state index in [1.54, 1.807) is 0 Å². The number of urea groups is 1. The molecule has 2 aliphatic rings. The molecular weight excluding hydrogens is 290 g/mol. The standard InChI is InChI=1S/C18H27N3O2/c1-21(14-6-2-3-7-14)16-9-5-4-8-15(16)20-17(23)19-12-18(13-22)10-11-18/h4-5,8-9,14,22H,2-3,6-7,10-13H2,1H3,(H2,19,20,23). The van der Waals surface area contributed by atoms with Crippen LogP contribution in [0.15, 0.2) is 24.3 Å². The van der Waals surface area contributed by atoms with Crippen molar-refractivity contribution in [3.8, 4) is 0 Å². The van der Waals surface area contributed by atoms with Crippen LogP contribution in [0.4, 0.5) is 16.2 Å². The molecule has 0 atom stereocenters. The van der Waals surface area contributed by atoms with Crippen molar-refractivity contribution in [1.82, 2.24) is 5.32 Å². The predicted octanol–water partition coefficient (Wildman–Crippen LogP) is 2.96. The first-order chi connectivity index (χ1) is 11.1. The molecule has 3 rings (SSSR count). The molecule has 5 nitrogen and oxygen atoms in total. The van der Waals surface area contributed by atoms with Gasteiger partial charge >= 0.3 is 6.03 Å². The van der Waals surface area contributed by atoms with Gasteiger partial charge in [0.2, 0.25) is 0 Å². The van der Waals surface area contributed by atoms with Gasteiger partial charge in [-0.3, -0.25) is 0 Å². The number of anilines is 2. The van der Waals surface area contributed by atoms with Gasteiger partial charge in [-0.25, -0.2) is 4.79 Å². The van der Waals surface area contributed by atoms with Crippen LogP contribution in [0.3, 0.4) is 0 Å². The van der Waals surface area contributed by atoms with Crippen LogP contribution in [0.25, 0.3) is 0 Å². The van der Waals surface area contributed by atoms with E-state index in [0.717, 1.165) is 24.2 Å². The zero-order chi connectivity index (χ0) is 16.3. The number of hydrogen-bond donors (Lipinski definition) is 3. The van der Waals surface area contributed by atoms with Crippen molar-refractivity contribution in [2.24, 2.45) is 5.41 Å². The summed E-state index contributed by atoms with van der Waals surface area (Å²) < 4.78 is 0. The number of hydrogen-bond acceptors (Lipinski definition) is 3. The van der Waals surface area contributed by atoms with Gasteiger partial charge in [0.25, 0.3) is 0 Å². The largest absolute Gasteiger partial charge is 0.396 e. The second-order valence-electron chi connectivity index (χ2n) is 7.03. The summed E-state index contributed by atoms with van der Waals surface area (Å²) in [5, 5.41) is 15.2. The zero-order valence-corrected chi connectivity index (χ0v) is 13.8. The molecule has 0 saturated heterocycles. The number of nitrogens with one attached hydrogen (secondary N) is 2. The SMILES string of the molecule is CN(c1ccccc1NC(=O)NCC1(CO)CC1)C1CCCC1. The summed E-state index contributed by atoms with van der Waals surface area (Å²) in [4.78, 5) is 14.5. The lowest BCUT2D eigenvalue weighted by Gasteiger charge is -2.28.